The highest BCUT2D eigenvalue weighted by Crippen LogP contribution is 2.54. The van der Waals surface area contributed by atoms with E-state index in [1.165, 1.54) is 18.9 Å². The molecular weight excluding hydrogens is 407 g/mol. The van der Waals surface area contributed by atoms with Crippen molar-refractivity contribution in [3.63, 3.8) is 0 Å². The Labute approximate surface area is 168 Å². The molecule has 0 unspecified atom stereocenters. The van der Waals surface area contributed by atoms with Crippen LogP contribution in [0.25, 0.3) is 0 Å². The van der Waals surface area contributed by atoms with Gasteiger partial charge in [0.1, 0.15) is 5.82 Å². The third-order valence-electron chi connectivity index (χ3n) is 4.22. The van der Waals surface area contributed by atoms with E-state index in [0.29, 0.717) is 11.4 Å². The molecule has 1 aliphatic heterocycles. The van der Waals surface area contributed by atoms with Crippen LogP contribution in [-0.2, 0) is 6.18 Å². The van der Waals surface area contributed by atoms with E-state index in [-0.39, 0.29) is 5.82 Å². The first-order valence-electron chi connectivity index (χ1n) is 8.47. The lowest BCUT2D eigenvalue weighted by molar-refractivity contribution is -0.138. The summed E-state index contributed by atoms with van der Waals surface area (Å²) in [5.41, 5.74) is 0.422. The normalized spacial score (nSPS) is 13.2. The van der Waals surface area contributed by atoms with Crippen molar-refractivity contribution in [2.45, 2.75) is 27.8 Å². The van der Waals surface area contributed by atoms with Gasteiger partial charge in [-0.3, -0.25) is 10.00 Å². The minimum Gasteiger partial charge on any atom is -0.479 e. The van der Waals surface area contributed by atoms with E-state index < -0.39 is 17.6 Å². The van der Waals surface area contributed by atoms with Gasteiger partial charge in [0.15, 0.2) is 5.56 Å². The van der Waals surface area contributed by atoms with Crippen molar-refractivity contribution in [3.8, 4) is 5.88 Å². The molecule has 3 aromatic rings. The van der Waals surface area contributed by atoms with Crippen molar-refractivity contribution in [1.82, 2.24) is 10.2 Å². The number of hydrogen-bond acceptors (Lipinski definition) is 5. The number of nitrogens with zero attached hydrogens (tertiary/aromatic N) is 2. The summed E-state index contributed by atoms with van der Waals surface area (Å²) in [4.78, 5) is 4.32. The topological polar surface area (TPSA) is 41.2 Å². The van der Waals surface area contributed by atoms with Gasteiger partial charge in [0.2, 0.25) is 5.88 Å². The summed E-state index contributed by atoms with van der Waals surface area (Å²) in [7, 11) is 1.18. The quantitative estimate of drug-likeness (QED) is 0.380. The molecule has 0 aliphatic carbocycles. The van der Waals surface area contributed by atoms with Gasteiger partial charge in [-0.15, -0.1) is 16.9 Å². The Morgan fingerprint density at radius 2 is 1.89 bits per heavy atom. The number of ether oxygens (including phenoxy) is 1. The minimum absolute atomic E-state index is 0.156. The van der Waals surface area contributed by atoms with E-state index in [1.54, 1.807) is 22.7 Å². The van der Waals surface area contributed by atoms with Crippen LogP contribution in [0.4, 0.5) is 30.4 Å². The monoisotopic (exact) mass is 423 g/mol. The Morgan fingerprint density at radius 3 is 2.61 bits per heavy atom. The Kier molecular flexibility index (Phi) is 4.96. The Hall–Kier alpha value is -2.26. The molecule has 0 bridgehead atoms. The maximum atomic E-state index is 13.9. The number of hydrogen-bond donors (Lipinski definition) is 1. The number of rotatable bonds is 4. The fraction of sp³-hybridized carbons (Fsp3) is 0.211. The van der Waals surface area contributed by atoms with Crippen molar-refractivity contribution in [2.24, 2.45) is 0 Å². The fourth-order valence-electron chi connectivity index (χ4n) is 3.11. The predicted molar refractivity (Wildman–Crippen MR) is 105 cm³/mol. The van der Waals surface area contributed by atoms with Gasteiger partial charge in [-0.2, -0.15) is 13.2 Å². The van der Waals surface area contributed by atoms with Crippen LogP contribution >= 0.6 is 23.5 Å². The molecule has 4 rings (SSSR count). The number of aromatic nitrogens is 2. The molecule has 0 saturated carbocycles. The van der Waals surface area contributed by atoms with E-state index in [2.05, 4.69) is 10.2 Å². The number of nitrogens with one attached hydrogen (secondary N) is 1. The largest absolute Gasteiger partial charge is 0.479 e. The maximum Gasteiger partial charge on any atom is 0.425 e. The number of halogens is 3. The highest BCUT2D eigenvalue weighted by atomic mass is 32.2. The molecular formula is C19H16F3N3OS2. The van der Waals surface area contributed by atoms with Gasteiger partial charge >= 0.3 is 6.18 Å². The van der Waals surface area contributed by atoms with Crippen LogP contribution in [0.1, 0.15) is 12.5 Å². The van der Waals surface area contributed by atoms with Crippen molar-refractivity contribution < 1.29 is 17.9 Å². The second kappa shape index (κ2) is 7.29. The summed E-state index contributed by atoms with van der Waals surface area (Å²) in [5, 5.41) is 6.31. The van der Waals surface area contributed by atoms with Crippen molar-refractivity contribution in [1.29, 1.82) is 0 Å². The lowest BCUT2D eigenvalue weighted by Gasteiger charge is -2.32. The average molecular weight is 423 g/mol. The summed E-state index contributed by atoms with van der Waals surface area (Å²) >= 11 is 3.17. The van der Waals surface area contributed by atoms with Crippen molar-refractivity contribution >= 4 is 40.7 Å². The second-order valence-corrected chi connectivity index (χ2v) is 8.34. The van der Waals surface area contributed by atoms with Crippen LogP contribution in [-0.4, -0.2) is 23.1 Å². The number of aromatic amines is 1. The summed E-state index contributed by atoms with van der Waals surface area (Å²) in [6.07, 6.45) is -4.62. The summed E-state index contributed by atoms with van der Waals surface area (Å²) in [5.74, 6) is 0.240. The molecule has 1 aromatic heterocycles. The molecule has 2 aromatic carbocycles. The molecule has 28 heavy (non-hydrogen) atoms. The first-order valence-corrected chi connectivity index (χ1v) is 10.3. The smallest absolute Gasteiger partial charge is 0.425 e. The van der Waals surface area contributed by atoms with Gasteiger partial charge in [-0.25, -0.2) is 0 Å². The molecule has 0 spiro atoms. The van der Waals surface area contributed by atoms with Gasteiger partial charge in [0.25, 0.3) is 0 Å². The van der Waals surface area contributed by atoms with Crippen LogP contribution in [0.2, 0.25) is 0 Å². The van der Waals surface area contributed by atoms with Crippen LogP contribution in [0.5, 0.6) is 5.88 Å². The predicted octanol–water partition coefficient (Wildman–Crippen LogP) is 6.48. The molecule has 1 N–H and O–H groups in total. The molecule has 0 radical (unpaired) electrons. The van der Waals surface area contributed by atoms with E-state index in [9.17, 15) is 13.2 Å². The molecule has 0 amide bonds. The fourth-order valence-corrected chi connectivity index (χ4v) is 4.84. The lowest BCUT2D eigenvalue weighted by atomic mass is 10.2. The van der Waals surface area contributed by atoms with E-state index in [1.807, 2.05) is 43.3 Å². The SMILES string of the molecule is CCSc1ccc2c(c1)N(c1[nH]nc(OC)c1C(F)(F)F)c1ccccc1S2. The van der Waals surface area contributed by atoms with E-state index in [4.69, 9.17) is 4.74 Å². The van der Waals surface area contributed by atoms with Crippen molar-refractivity contribution in [3.05, 3.63) is 48.0 Å². The van der Waals surface area contributed by atoms with Crippen LogP contribution < -0.4 is 9.64 Å². The molecule has 146 valence electrons. The summed E-state index contributed by atoms with van der Waals surface area (Å²) in [6, 6.07) is 13.2. The lowest BCUT2D eigenvalue weighted by Crippen LogP contribution is -2.19. The third kappa shape index (κ3) is 3.22. The Bertz CT molecular complexity index is 1020. The Morgan fingerprint density at radius 1 is 1.14 bits per heavy atom. The minimum atomic E-state index is -4.62. The third-order valence-corrected chi connectivity index (χ3v) is 6.23. The standard InChI is InChI=1S/C19H16F3N3OS2/c1-3-27-11-8-9-15-13(10-11)25(12-6-4-5-7-14(12)28-15)17-16(19(20,21)22)18(26-2)24-23-17/h4-10H,3H2,1-2H3,(H,23,24). The number of fused-ring (bicyclic) bond motifs is 2. The first kappa shape index (κ1) is 19.1. The summed E-state index contributed by atoms with van der Waals surface area (Å²) < 4.78 is 46.5. The zero-order chi connectivity index (χ0) is 19.9. The average Bonchev–Trinajstić information content (AvgIpc) is 3.10. The molecule has 1 aliphatic rings. The first-order chi connectivity index (χ1) is 13.4. The second-order valence-electron chi connectivity index (χ2n) is 5.92. The van der Waals surface area contributed by atoms with Crippen LogP contribution in [0.3, 0.4) is 0 Å². The number of alkyl halides is 3. The van der Waals surface area contributed by atoms with E-state index >= 15 is 0 Å². The highest BCUT2D eigenvalue weighted by Gasteiger charge is 2.43. The molecule has 0 fully saturated rings. The number of anilines is 3. The maximum absolute atomic E-state index is 13.9. The zero-order valence-electron chi connectivity index (χ0n) is 15.0. The summed E-state index contributed by atoms with van der Waals surface area (Å²) in [6.45, 7) is 2.04. The molecule has 9 heteroatoms. The number of thioether (sulfide) groups is 1. The van der Waals surface area contributed by atoms with E-state index in [0.717, 1.165) is 20.4 Å². The molecule has 0 saturated heterocycles. The van der Waals surface area contributed by atoms with Crippen LogP contribution in [0, 0.1) is 0 Å². The zero-order valence-corrected chi connectivity index (χ0v) is 16.6. The van der Waals surface area contributed by atoms with Crippen LogP contribution in [0.15, 0.2) is 57.2 Å². The molecule has 4 nitrogen and oxygen atoms in total. The number of methoxy groups -OCH3 is 1. The molecule has 2 heterocycles. The number of benzene rings is 2. The van der Waals surface area contributed by atoms with Gasteiger partial charge < -0.3 is 4.74 Å². The number of H-pyrrole nitrogens is 1. The highest BCUT2D eigenvalue weighted by molar-refractivity contribution is 8.00. The van der Waals surface area contributed by atoms with Gasteiger partial charge in [0.05, 0.1) is 18.5 Å². The van der Waals surface area contributed by atoms with Gasteiger partial charge in [-0.05, 0) is 36.1 Å². The van der Waals surface area contributed by atoms with Crippen molar-refractivity contribution in [2.75, 3.05) is 17.8 Å². The van der Waals surface area contributed by atoms with Gasteiger partial charge in [0, 0.05) is 14.7 Å². The number of para-hydroxylation sites is 1. The molecule has 0 atom stereocenters. The Balaban J connectivity index is 1.97. The van der Waals surface area contributed by atoms with Gasteiger partial charge in [-0.1, -0.05) is 30.8 Å².